The number of alkyl carbamates (subject to hydrolysis) is 1. The second-order valence-electron chi connectivity index (χ2n) is 15.6. The zero-order valence-electron chi connectivity index (χ0n) is 31.2. The summed E-state index contributed by atoms with van der Waals surface area (Å²) in [6.07, 6.45) is 0.364. The number of piperidine rings is 1. The number of imide groups is 1. The van der Waals surface area contributed by atoms with Gasteiger partial charge in [-0.15, -0.1) is 0 Å². The number of ether oxygens (including phenoxy) is 3. The molecule has 2 aromatic carbocycles. The van der Waals surface area contributed by atoms with Gasteiger partial charge in [-0.25, -0.2) is 4.79 Å². The van der Waals surface area contributed by atoms with Gasteiger partial charge >= 0.3 is 6.09 Å². The van der Waals surface area contributed by atoms with E-state index in [2.05, 4.69) is 27.3 Å². The van der Waals surface area contributed by atoms with E-state index in [0.717, 1.165) is 27.9 Å². The van der Waals surface area contributed by atoms with Crippen LogP contribution < -0.4 is 21.3 Å². The summed E-state index contributed by atoms with van der Waals surface area (Å²) in [6.45, 7) is 17.3. The molecule has 0 aromatic heterocycles. The third-order valence-electron chi connectivity index (χ3n) is 8.67. The standard InChI is InChI=1S/C38H55N5O8/c1-24-17-25(13-15-49-37(5,6)14-16-50-38(7,8)23-40-35(48)51-36(2,3)4)20-28(18-24)41-34(47)39-21-26-9-10-29-27(19-26)22-43(33(29)46)30-11-12-31(44)42-32(30)45/h9-10,17-20,30,34,39,41,47H,11-16,21-23H2,1-8H3,(H,40,48)(H,42,44,45). The van der Waals surface area contributed by atoms with Gasteiger partial charge in [-0.3, -0.25) is 25.0 Å². The quantitative estimate of drug-likeness (QED) is 0.125. The number of benzene rings is 2. The first-order valence-electron chi connectivity index (χ1n) is 17.6. The highest BCUT2D eigenvalue weighted by Crippen LogP contribution is 2.28. The van der Waals surface area contributed by atoms with Crippen LogP contribution in [0.3, 0.4) is 0 Å². The van der Waals surface area contributed by atoms with Crippen molar-refractivity contribution in [2.45, 2.75) is 123 Å². The van der Waals surface area contributed by atoms with Gasteiger partial charge in [0.1, 0.15) is 11.6 Å². The predicted octanol–water partition coefficient (Wildman–Crippen LogP) is 4.28. The minimum atomic E-state index is -1.03. The van der Waals surface area contributed by atoms with Gasteiger partial charge in [0, 0.05) is 37.3 Å². The molecule has 0 spiro atoms. The van der Waals surface area contributed by atoms with Gasteiger partial charge in [0.25, 0.3) is 5.91 Å². The third-order valence-corrected chi connectivity index (χ3v) is 8.67. The summed E-state index contributed by atoms with van der Waals surface area (Å²) < 4.78 is 17.6. The number of aliphatic hydroxyl groups is 1. The molecule has 13 nitrogen and oxygen atoms in total. The topological polar surface area (TPSA) is 168 Å². The van der Waals surface area contributed by atoms with Crippen molar-refractivity contribution in [3.63, 3.8) is 0 Å². The number of anilines is 1. The van der Waals surface area contributed by atoms with Crippen LogP contribution in [0.1, 0.15) is 100 Å². The minimum absolute atomic E-state index is 0.208. The van der Waals surface area contributed by atoms with Crippen LogP contribution in [-0.4, -0.2) is 82.8 Å². The van der Waals surface area contributed by atoms with E-state index < -0.39 is 41.2 Å². The number of aliphatic hydroxyl groups excluding tert-OH is 1. The molecule has 2 heterocycles. The van der Waals surface area contributed by atoms with E-state index in [9.17, 15) is 24.3 Å². The molecular formula is C38H55N5O8. The SMILES string of the molecule is Cc1cc(CCOC(C)(C)CCOC(C)(C)CNC(=O)OC(C)(C)C)cc(NC(O)NCc2ccc3c(c2)CN(C2CCC(=O)NC2=O)C3=O)c1. The number of fused-ring (bicyclic) bond motifs is 1. The molecule has 2 aromatic rings. The molecule has 2 aliphatic heterocycles. The lowest BCUT2D eigenvalue weighted by atomic mass is 10.0. The van der Waals surface area contributed by atoms with Crippen LogP contribution >= 0.6 is 0 Å². The Morgan fingerprint density at radius 1 is 0.980 bits per heavy atom. The van der Waals surface area contributed by atoms with Crippen molar-refractivity contribution >= 4 is 29.5 Å². The van der Waals surface area contributed by atoms with Crippen LogP contribution in [0.4, 0.5) is 10.5 Å². The van der Waals surface area contributed by atoms with Gasteiger partial charge < -0.3 is 34.9 Å². The summed E-state index contributed by atoms with van der Waals surface area (Å²) in [5.74, 6) is -0.971. The zero-order valence-corrected chi connectivity index (χ0v) is 31.2. The molecule has 4 amide bonds. The molecule has 1 saturated heterocycles. The number of hydrogen-bond donors (Lipinski definition) is 5. The Morgan fingerprint density at radius 2 is 1.71 bits per heavy atom. The van der Waals surface area contributed by atoms with E-state index in [0.29, 0.717) is 57.7 Å². The van der Waals surface area contributed by atoms with E-state index in [4.69, 9.17) is 14.2 Å². The maximum atomic E-state index is 13.0. The van der Waals surface area contributed by atoms with Crippen molar-refractivity contribution in [1.29, 1.82) is 0 Å². The average Bonchev–Trinajstić information content (AvgIpc) is 3.32. The zero-order chi connectivity index (χ0) is 37.6. The maximum absolute atomic E-state index is 13.0. The first-order valence-corrected chi connectivity index (χ1v) is 17.6. The first-order chi connectivity index (χ1) is 23.8. The Balaban J connectivity index is 1.20. The molecule has 2 unspecified atom stereocenters. The van der Waals surface area contributed by atoms with Gasteiger partial charge in [-0.1, -0.05) is 18.2 Å². The Bertz CT molecular complexity index is 1580. The number of hydrogen-bond acceptors (Lipinski definition) is 10. The van der Waals surface area contributed by atoms with Crippen molar-refractivity contribution in [3.8, 4) is 0 Å². The highest BCUT2D eigenvalue weighted by atomic mass is 16.6. The van der Waals surface area contributed by atoms with Crippen molar-refractivity contribution in [1.82, 2.24) is 20.9 Å². The number of rotatable bonds is 16. The predicted molar refractivity (Wildman–Crippen MR) is 193 cm³/mol. The number of nitrogens with one attached hydrogen (secondary N) is 4. The van der Waals surface area contributed by atoms with Crippen LogP contribution in [0.15, 0.2) is 36.4 Å². The summed E-state index contributed by atoms with van der Waals surface area (Å²) in [5.41, 5.74) is 3.55. The van der Waals surface area contributed by atoms with E-state index in [1.54, 1.807) is 6.07 Å². The highest BCUT2D eigenvalue weighted by molar-refractivity contribution is 6.05. The number of nitrogens with zero attached hydrogens (tertiary/aromatic N) is 1. The smallest absolute Gasteiger partial charge is 0.407 e. The van der Waals surface area contributed by atoms with Gasteiger partial charge in [-0.05, 0) is 115 Å². The Morgan fingerprint density at radius 3 is 2.41 bits per heavy atom. The minimum Gasteiger partial charge on any atom is -0.444 e. The van der Waals surface area contributed by atoms with Crippen molar-refractivity contribution in [2.24, 2.45) is 0 Å². The maximum Gasteiger partial charge on any atom is 0.407 e. The second-order valence-corrected chi connectivity index (χ2v) is 15.6. The Labute approximate surface area is 301 Å². The van der Waals surface area contributed by atoms with E-state index in [-0.39, 0.29) is 18.2 Å². The van der Waals surface area contributed by atoms with Crippen LogP contribution in [0, 0.1) is 6.92 Å². The van der Waals surface area contributed by atoms with Gasteiger partial charge in [0.05, 0.1) is 24.4 Å². The highest BCUT2D eigenvalue weighted by Gasteiger charge is 2.39. The molecule has 5 N–H and O–H groups in total. The third kappa shape index (κ3) is 12.3. The van der Waals surface area contributed by atoms with Gasteiger partial charge in [0.15, 0.2) is 6.35 Å². The molecule has 4 rings (SSSR count). The number of carbonyl (C=O) groups is 4. The molecule has 51 heavy (non-hydrogen) atoms. The van der Waals surface area contributed by atoms with Crippen molar-refractivity contribution in [3.05, 3.63) is 64.2 Å². The number of carbonyl (C=O) groups excluding carboxylic acids is 4. The molecule has 13 heteroatoms. The lowest BCUT2D eigenvalue weighted by Gasteiger charge is -2.30. The summed E-state index contributed by atoms with van der Waals surface area (Å²) in [7, 11) is 0. The summed E-state index contributed by atoms with van der Waals surface area (Å²) in [5, 5.41) is 22.0. The van der Waals surface area contributed by atoms with Crippen LogP contribution in [0.5, 0.6) is 0 Å². The molecule has 2 atom stereocenters. The molecule has 2 aliphatic rings. The van der Waals surface area contributed by atoms with Crippen molar-refractivity contribution < 1.29 is 38.5 Å². The van der Waals surface area contributed by atoms with E-state index in [1.165, 1.54) is 4.90 Å². The molecule has 0 saturated carbocycles. The van der Waals surface area contributed by atoms with E-state index in [1.807, 2.05) is 79.7 Å². The van der Waals surface area contributed by atoms with E-state index >= 15 is 0 Å². The molecule has 0 radical (unpaired) electrons. The summed E-state index contributed by atoms with van der Waals surface area (Å²) >= 11 is 0. The normalized spacial score (nSPS) is 17.2. The number of aryl methyl sites for hydroxylation is 1. The van der Waals surface area contributed by atoms with Crippen LogP contribution in [0.25, 0.3) is 0 Å². The number of amides is 4. The summed E-state index contributed by atoms with van der Waals surface area (Å²) in [4.78, 5) is 50.4. The first kappa shape index (κ1) is 39.7. The van der Waals surface area contributed by atoms with Crippen molar-refractivity contribution in [2.75, 3.05) is 25.1 Å². The molecule has 280 valence electrons. The van der Waals surface area contributed by atoms with Crippen LogP contribution in [-0.2, 0) is 43.3 Å². The fraction of sp³-hybridized carbons (Fsp3) is 0.579. The second kappa shape index (κ2) is 16.5. The Kier molecular flexibility index (Phi) is 12.9. The largest absolute Gasteiger partial charge is 0.444 e. The molecular weight excluding hydrogens is 654 g/mol. The van der Waals surface area contributed by atoms with Gasteiger partial charge in [-0.2, -0.15) is 0 Å². The average molecular weight is 710 g/mol. The fourth-order valence-electron chi connectivity index (χ4n) is 5.99. The lowest BCUT2D eigenvalue weighted by Crippen LogP contribution is -2.52. The molecule has 0 bridgehead atoms. The fourth-order valence-corrected chi connectivity index (χ4v) is 5.99. The van der Waals surface area contributed by atoms with Crippen LogP contribution in [0.2, 0.25) is 0 Å². The molecule has 1 fully saturated rings. The Hall–Kier alpha value is -4.04. The lowest BCUT2D eigenvalue weighted by molar-refractivity contribution is -0.136. The summed E-state index contributed by atoms with van der Waals surface area (Å²) in [6, 6.07) is 10.9. The van der Waals surface area contributed by atoms with Gasteiger partial charge in [0.2, 0.25) is 11.8 Å². The monoisotopic (exact) mass is 709 g/mol. The molecule has 0 aliphatic carbocycles.